The molecule has 0 heterocycles. The number of carbonyl (C=O) groups is 2. The van der Waals surface area contributed by atoms with Gasteiger partial charge in [0.15, 0.2) is 0 Å². The van der Waals surface area contributed by atoms with Crippen molar-refractivity contribution in [3.8, 4) is 0 Å². The van der Waals surface area contributed by atoms with Crippen LogP contribution in [-0.4, -0.2) is 50.8 Å². The molecule has 0 aliphatic rings. The minimum atomic E-state index is -0.479. The van der Waals surface area contributed by atoms with Gasteiger partial charge in [-0.25, -0.2) is 0 Å². The number of rotatable bonds is 11. The largest absolute Gasteiger partial charge is 1.00 e. The van der Waals surface area contributed by atoms with Crippen molar-refractivity contribution in [3.63, 3.8) is 0 Å². The quantitative estimate of drug-likeness (QED) is 0.266. The lowest BCUT2D eigenvalue weighted by atomic mass is 9.90. The van der Waals surface area contributed by atoms with Gasteiger partial charge < -0.3 is 26.4 Å². The van der Waals surface area contributed by atoms with Gasteiger partial charge >= 0.3 is 11.9 Å². The Morgan fingerprint density at radius 1 is 0.824 bits per heavy atom. The van der Waals surface area contributed by atoms with E-state index in [1.54, 1.807) is 0 Å². The molecule has 0 radical (unpaired) electrons. The van der Waals surface area contributed by atoms with Gasteiger partial charge in [0.05, 0.1) is 32.0 Å². The summed E-state index contributed by atoms with van der Waals surface area (Å²) < 4.78 is 11.1. The van der Waals surface area contributed by atoms with E-state index in [-0.39, 0.29) is 37.6 Å². The third-order valence-corrected chi connectivity index (χ3v) is 6.24. The number of benzene rings is 1. The highest BCUT2D eigenvalue weighted by Gasteiger charge is 2.28. The van der Waals surface area contributed by atoms with Crippen LogP contribution in [0, 0.1) is 10.8 Å². The molecule has 0 N–H and O–H groups in total. The molecule has 0 aliphatic heterocycles. The first-order chi connectivity index (χ1) is 15.1. The van der Waals surface area contributed by atoms with E-state index in [0.717, 1.165) is 11.0 Å². The van der Waals surface area contributed by atoms with Crippen LogP contribution in [0.3, 0.4) is 0 Å². The molecular weight excluding hydrogens is 450 g/mol. The fourth-order valence-electron chi connectivity index (χ4n) is 2.68. The minimum absolute atomic E-state index is 0. The number of esters is 2. The lowest BCUT2D eigenvalue weighted by Gasteiger charge is -2.24. The van der Waals surface area contributed by atoms with Crippen molar-refractivity contribution in [1.29, 1.82) is 0 Å². The molecule has 0 spiro atoms. The van der Waals surface area contributed by atoms with Crippen molar-refractivity contribution in [2.75, 3.05) is 34.4 Å². The molecule has 0 fully saturated rings. The maximum atomic E-state index is 11.6. The second-order valence-corrected chi connectivity index (χ2v) is 11.2. The van der Waals surface area contributed by atoms with Crippen molar-refractivity contribution >= 4 is 11.9 Å². The van der Waals surface area contributed by atoms with Gasteiger partial charge in [-0.3, -0.25) is 9.59 Å². The van der Waals surface area contributed by atoms with Crippen LogP contribution in [0.1, 0.15) is 91.7 Å². The van der Waals surface area contributed by atoms with Crippen LogP contribution in [0.25, 0.3) is 0 Å². The molecular formula is C28H50ClNO4. The molecule has 1 atom stereocenters. The Kier molecular flexibility index (Phi) is 15.7. The highest BCUT2D eigenvalue weighted by molar-refractivity contribution is 5.76. The summed E-state index contributed by atoms with van der Waals surface area (Å²) in [4.78, 5) is 23.3. The van der Waals surface area contributed by atoms with Crippen LogP contribution in [-0.2, 0) is 25.6 Å². The molecule has 34 heavy (non-hydrogen) atoms. The van der Waals surface area contributed by atoms with Crippen LogP contribution < -0.4 is 12.4 Å². The van der Waals surface area contributed by atoms with E-state index in [4.69, 9.17) is 9.47 Å². The number of quaternary nitrogens is 1. The first-order valence-corrected chi connectivity index (χ1v) is 12.3. The second kappa shape index (κ2) is 15.4. The van der Waals surface area contributed by atoms with Crippen molar-refractivity contribution in [3.05, 3.63) is 35.4 Å². The lowest BCUT2D eigenvalue weighted by Crippen LogP contribution is -3.00. The Morgan fingerprint density at radius 3 is 1.50 bits per heavy atom. The van der Waals surface area contributed by atoms with E-state index in [2.05, 4.69) is 59.3 Å². The van der Waals surface area contributed by atoms with Gasteiger partial charge in [0, 0.05) is 5.56 Å². The van der Waals surface area contributed by atoms with Crippen LogP contribution in [0.15, 0.2) is 24.3 Å². The Morgan fingerprint density at radius 2 is 1.21 bits per heavy atom. The first kappa shape index (κ1) is 34.6. The van der Waals surface area contributed by atoms with Crippen molar-refractivity contribution < 1.29 is 36.0 Å². The molecule has 0 saturated carbocycles. The number of nitrogens with zero attached hydrogens (tertiary/aromatic N) is 1. The van der Waals surface area contributed by atoms with Crippen LogP contribution >= 0.6 is 0 Å². The summed E-state index contributed by atoms with van der Waals surface area (Å²) in [7, 11) is 6.67. The van der Waals surface area contributed by atoms with Crippen molar-refractivity contribution in [2.45, 2.75) is 87.1 Å². The fraction of sp³-hybridized carbons (Fsp3) is 0.714. The molecule has 5 nitrogen and oxygen atoms in total. The molecule has 198 valence electrons. The number of halogens is 1. The zero-order valence-electron chi connectivity index (χ0n) is 23.6. The Hall–Kier alpha value is -1.59. The standard InChI is InChI=1S/C14H24N.C14H26O4.ClH/c1-6-12(2)14-9-7-13(8-10-14)11-15(3,4)5;1-7-13(3,4)11(15)17-9-10-18-12(16)14(5,6)8-2;/h7-10,12H,6,11H2,1-5H3;7-10H2,1-6H3;1H/q+1;;/p-1. The van der Waals surface area contributed by atoms with E-state index in [1.165, 1.54) is 17.5 Å². The van der Waals surface area contributed by atoms with E-state index >= 15 is 0 Å². The number of hydrogen-bond acceptors (Lipinski definition) is 4. The molecule has 0 amide bonds. The average molecular weight is 500 g/mol. The summed E-state index contributed by atoms with van der Waals surface area (Å²) in [5.41, 5.74) is 1.93. The topological polar surface area (TPSA) is 52.6 Å². The van der Waals surface area contributed by atoms with E-state index in [1.807, 2.05) is 41.5 Å². The Balaban J connectivity index is 0. The highest BCUT2D eigenvalue weighted by atomic mass is 35.5. The van der Waals surface area contributed by atoms with Gasteiger partial charge in [-0.2, -0.15) is 0 Å². The predicted octanol–water partition coefficient (Wildman–Crippen LogP) is 3.36. The average Bonchev–Trinajstić information content (AvgIpc) is 2.75. The number of carbonyl (C=O) groups excluding carboxylic acids is 2. The molecule has 0 saturated heterocycles. The molecule has 0 aromatic heterocycles. The zero-order chi connectivity index (χ0) is 25.9. The summed E-state index contributed by atoms with van der Waals surface area (Å²) in [6.07, 6.45) is 2.65. The van der Waals surface area contributed by atoms with Gasteiger partial charge in [-0.15, -0.1) is 0 Å². The van der Waals surface area contributed by atoms with Gasteiger partial charge in [-0.1, -0.05) is 52.0 Å². The summed E-state index contributed by atoms with van der Waals surface area (Å²) in [5.74, 6) is 0.176. The van der Waals surface area contributed by atoms with Gasteiger partial charge in [0.2, 0.25) is 0 Å². The van der Waals surface area contributed by atoms with Crippen molar-refractivity contribution in [2.24, 2.45) is 10.8 Å². The molecule has 6 heteroatoms. The predicted molar refractivity (Wildman–Crippen MR) is 137 cm³/mol. The Bertz CT molecular complexity index is 691. The van der Waals surface area contributed by atoms with Gasteiger partial charge in [0.1, 0.15) is 19.8 Å². The molecule has 0 aliphatic carbocycles. The van der Waals surface area contributed by atoms with Crippen molar-refractivity contribution in [1.82, 2.24) is 0 Å². The van der Waals surface area contributed by atoms with E-state index in [0.29, 0.717) is 18.8 Å². The summed E-state index contributed by atoms with van der Waals surface area (Å²) >= 11 is 0. The molecule has 0 bridgehead atoms. The molecule has 1 unspecified atom stereocenters. The van der Waals surface area contributed by atoms with Gasteiger partial charge in [-0.05, 0) is 58.4 Å². The third kappa shape index (κ3) is 13.3. The fourth-order valence-corrected chi connectivity index (χ4v) is 2.68. The Labute approximate surface area is 215 Å². The smallest absolute Gasteiger partial charge is 0.311 e. The van der Waals surface area contributed by atoms with E-state index < -0.39 is 10.8 Å². The summed E-state index contributed by atoms with van der Waals surface area (Å²) in [6.45, 7) is 17.1. The molecule has 1 aromatic rings. The normalized spacial score (nSPS) is 12.6. The maximum Gasteiger partial charge on any atom is 0.311 e. The van der Waals surface area contributed by atoms with Crippen LogP contribution in [0.5, 0.6) is 0 Å². The lowest BCUT2D eigenvalue weighted by molar-refractivity contribution is -0.884. The maximum absolute atomic E-state index is 11.6. The van der Waals surface area contributed by atoms with E-state index in [9.17, 15) is 9.59 Å². The molecule has 1 rings (SSSR count). The summed E-state index contributed by atoms with van der Waals surface area (Å²) in [6, 6.07) is 9.09. The second-order valence-electron chi connectivity index (χ2n) is 11.2. The van der Waals surface area contributed by atoms with Gasteiger partial charge in [0.25, 0.3) is 0 Å². The minimum Gasteiger partial charge on any atom is -1.00 e. The zero-order valence-corrected chi connectivity index (χ0v) is 24.3. The van der Waals surface area contributed by atoms with Crippen LogP contribution in [0.4, 0.5) is 0 Å². The monoisotopic (exact) mass is 499 g/mol. The summed E-state index contributed by atoms with van der Waals surface area (Å²) in [5, 5.41) is 0. The number of ether oxygens (including phenoxy) is 2. The van der Waals surface area contributed by atoms with Crippen LogP contribution in [0.2, 0.25) is 0 Å². The molecule has 1 aromatic carbocycles. The number of hydrogen-bond donors (Lipinski definition) is 0. The highest BCUT2D eigenvalue weighted by Crippen LogP contribution is 2.23. The third-order valence-electron chi connectivity index (χ3n) is 6.24. The SMILES string of the molecule is CCC(C)(C)C(=O)OCCOC(=O)C(C)(C)CC.CCC(C)c1ccc(C[N+](C)(C)C)cc1.[Cl-]. The first-order valence-electron chi connectivity index (χ1n) is 12.3.